The van der Waals surface area contributed by atoms with Crippen LogP contribution >= 0.6 is 0 Å². The molecule has 0 saturated carbocycles. The highest BCUT2D eigenvalue weighted by Crippen LogP contribution is 2.32. The van der Waals surface area contributed by atoms with Gasteiger partial charge in [-0.2, -0.15) is 0 Å². The molecule has 1 heterocycles. The monoisotopic (exact) mass is 218 g/mol. The number of carbonyl (C=O) groups excluding carboxylic acids is 1. The van der Waals surface area contributed by atoms with Crippen LogP contribution in [0.1, 0.15) is 31.4 Å². The molecule has 0 spiro atoms. The molecule has 1 atom stereocenters. The molecule has 0 aromatic heterocycles. The lowest BCUT2D eigenvalue weighted by molar-refractivity contribution is -0.125. The first-order valence-corrected chi connectivity index (χ1v) is 5.85. The van der Waals surface area contributed by atoms with Crippen molar-refractivity contribution < 1.29 is 9.53 Å². The molecule has 1 aromatic rings. The first-order valence-electron chi connectivity index (χ1n) is 5.85. The van der Waals surface area contributed by atoms with E-state index < -0.39 is 0 Å². The predicted octanol–water partition coefficient (Wildman–Crippen LogP) is 2.91. The number of hydrogen-bond donors (Lipinski definition) is 0. The highest BCUT2D eigenvalue weighted by molar-refractivity contribution is 5.84. The molecule has 1 unspecified atom stereocenters. The number of ether oxygens (including phenoxy) is 1. The van der Waals surface area contributed by atoms with E-state index in [9.17, 15) is 4.79 Å². The van der Waals surface area contributed by atoms with Crippen molar-refractivity contribution in [3.8, 4) is 5.75 Å². The fourth-order valence-electron chi connectivity index (χ4n) is 2.14. The van der Waals surface area contributed by atoms with Crippen molar-refractivity contribution in [1.29, 1.82) is 0 Å². The van der Waals surface area contributed by atoms with Gasteiger partial charge < -0.3 is 4.74 Å². The van der Waals surface area contributed by atoms with E-state index in [2.05, 4.69) is 13.8 Å². The molecular formula is C14H18O2. The van der Waals surface area contributed by atoms with Gasteiger partial charge in [0, 0.05) is 12.8 Å². The average molecular weight is 218 g/mol. The van der Waals surface area contributed by atoms with E-state index in [1.807, 2.05) is 25.1 Å². The van der Waals surface area contributed by atoms with Crippen LogP contribution in [0.15, 0.2) is 18.2 Å². The number of rotatable bonds is 3. The van der Waals surface area contributed by atoms with Crippen LogP contribution < -0.4 is 4.74 Å². The lowest BCUT2D eigenvalue weighted by Gasteiger charge is -2.11. The van der Waals surface area contributed by atoms with Gasteiger partial charge in [0.2, 0.25) is 0 Å². The summed E-state index contributed by atoms with van der Waals surface area (Å²) in [6.45, 7) is 6.14. The summed E-state index contributed by atoms with van der Waals surface area (Å²) in [7, 11) is 0. The Kier molecular flexibility index (Phi) is 2.99. The van der Waals surface area contributed by atoms with Gasteiger partial charge in [-0.3, -0.25) is 4.79 Å². The molecule has 0 amide bonds. The quantitative estimate of drug-likeness (QED) is 0.779. The molecule has 0 bridgehead atoms. The molecule has 16 heavy (non-hydrogen) atoms. The molecule has 2 rings (SSSR count). The molecule has 0 N–H and O–H groups in total. The van der Waals surface area contributed by atoms with E-state index in [1.165, 1.54) is 5.56 Å². The second-order valence-corrected chi connectivity index (χ2v) is 4.94. The Morgan fingerprint density at radius 2 is 2.25 bits per heavy atom. The maximum Gasteiger partial charge on any atom is 0.173 e. The van der Waals surface area contributed by atoms with Gasteiger partial charge in [-0.1, -0.05) is 32.0 Å². The topological polar surface area (TPSA) is 26.3 Å². The molecule has 1 aliphatic rings. The van der Waals surface area contributed by atoms with E-state index in [4.69, 9.17) is 4.74 Å². The van der Waals surface area contributed by atoms with Gasteiger partial charge >= 0.3 is 0 Å². The number of hydrogen-bond acceptors (Lipinski definition) is 2. The van der Waals surface area contributed by atoms with Gasteiger partial charge in [-0.05, 0) is 24.0 Å². The van der Waals surface area contributed by atoms with E-state index in [0.29, 0.717) is 12.3 Å². The summed E-state index contributed by atoms with van der Waals surface area (Å²) in [5.74, 6) is 1.55. The normalized spacial score (nSPS) is 18.4. The Hall–Kier alpha value is -1.31. The van der Waals surface area contributed by atoms with E-state index in [-0.39, 0.29) is 11.9 Å². The Balaban J connectivity index is 2.11. The number of para-hydroxylation sites is 1. The zero-order valence-corrected chi connectivity index (χ0v) is 10.1. The lowest BCUT2D eigenvalue weighted by atomic mass is 10.00. The summed E-state index contributed by atoms with van der Waals surface area (Å²) in [5, 5.41) is 0. The number of benzene rings is 1. The minimum Gasteiger partial charge on any atom is -0.482 e. The summed E-state index contributed by atoms with van der Waals surface area (Å²) in [4.78, 5) is 11.9. The first kappa shape index (κ1) is 11.2. The maximum atomic E-state index is 11.9. The number of carbonyl (C=O) groups is 1. The number of Topliss-reactive ketones (excluding diaryl/α,β-unsaturated/α-hetero) is 1. The average Bonchev–Trinajstić information content (AvgIpc) is 2.61. The molecule has 0 radical (unpaired) electrons. The van der Waals surface area contributed by atoms with Gasteiger partial charge in [0.05, 0.1) is 0 Å². The largest absolute Gasteiger partial charge is 0.482 e. The van der Waals surface area contributed by atoms with Crippen molar-refractivity contribution in [2.75, 3.05) is 0 Å². The molecule has 0 fully saturated rings. The van der Waals surface area contributed by atoms with Gasteiger partial charge in [-0.15, -0.1) is 0 Å². The van der Waals surface area contributed by atoms with Crippen molar-refractivity contribution in [2.45, 2.75) is 39.7 Å². The number of aryl methyl sites for hydroxylation is 1. The van der Waals surface area contributed by atoms with Gasteiger partial charge in [0.1, 0.15) is 5.75 Å². The third-order valence-corrected chi connectivity index (χ3v) is 2.93. The van der Waals surface area contributed by atoms with E-state index >= 15 is 0 Å². The molecule has 86 valence electrons. The zero-order valence-electron chi connectivity index (χ0n) is 10.1. The number of fused-ring (bicyclic) bond motifs is 1. The minimum absolute atomic E-state index is 0.227. The van der Waals surface area contributed by atoms with Crippen molar-refractivity contribution in [3.63, 3.8) is 0 Å². The Morgan fingerprint density at radius 3 is 2.88 bits per heavy atom. The lowest BCUT2D eigenvalue weighted by Crippen LogP contribution is -2.26. The number of ketones is 1. The van der Waals surface area contributed by atoms with Crippen LogP contribution in [0.4, 0.5) is 0 Å². The molecular weight excluding hydrogens is 200 g/mol. The summed E-state index contributed by atoms with van der Waals surface area (Å²) in [6, 6.07) is 6.09. The molecule has 1 aliphatic heterocycles. The minimum atomic E-state index is -0.251. The predicted molar refractivity (Wildman–Crippen MR) is 63.8 cm³/mol. The first-order chi connectivity index (χ1) is 7.58. The van der Waals surface area contributed by atoms with E-state index in [1.54, 1.807) is 0 Å². The van der Waals surface area contributed by atoms with Crippen LogP contribution in [0.2, 0.25) is 0 Å². The Labute approximate surface area is 96.6 Å². The summed E-state index contributed by atoms with van der Waals surface area (Å²) < 4.78 is 5.75. The molecule has 2 heteroatoms. The van der Waals surface area contributed by atoms with Crippen molar-refractivity contribution in [3.05, 3.63) is 29.3 Å². The highest BCUT2D eigenvalue weighted by Gasteiger charge is 2.29. The second kappa shape index (κ2) is 4.28. The second-order valence-electron chi connectivity index (χ2n) is 4.94. The molecule has 0 saturated heterocycles. The van der Waals surface area contributed by atoms with Crippen LogP contribution in [-0.2, 0) is 11.2 Å². The van der Waals surface area contributed by atoms with Crippen LogP contribution in [0.5, 0.6) is 5.75 Å². The van der Waals surface area contributed by atoms with Crippen LogP contribution in [0.25, 0.3) is 0 Å². The van der Waals surface area contributed by atoms with E-state index in [0.717, 1.165) is 17.7 Å². The fraction of sp³-hybridized carbons (Fsp3) is 0.500. The summed E-state index contributed by atoms with van der Waals surface area (Å²) >= 11 is 0. The molecule has 0 aliphatic carbocycles. The maximum absolute atomic E-state index is 11.9. The molecule has 1 aromatic carbocycles. The third-order valence-electron chi connectivity index (χ3n) is 2.93. The summed E-state index contributed by atoms with van der Waals surface area (Å²) in [6.07, 6.45) is 1.10. The fourth-order valence-corrected chi connectivity index (χ4v) is 2.14. The Morgan fingerprint density at radius 1 is 1.50 bits per heavy atom. The zero-order chi connectivity index (χ0) is 11.7. The SMILES string of the molecule is Cc1cccc2c1OC(C(=O)CC(C)C)C2. The molecule has 2 nitrogen and oxygen atoms in total. The van der Waals surface area contributed by atoms with Crippen molar-refractivity contribution in [2.24, 2.45) is 5.92 Å². The van der Waals surface area contributed by atoms with Crippen molar-refractivity contribution in [1.82, 2.24) is 0 Å². The standard InChI is InChI=1S/C14H18O2/c1-9(2)7-12(15)13-8-11-6-4-5-10(3)14(11)16-13/h4-6,9,13H,7-8H2,1-3H3. The van der Waals surface area contributed by atoms with Gasteiger partial charge in [0.25, 0.3) is 0 Å². The van der Waals surface area contributed by atoms with Crippen molar-refractivity contribution >= 4 is 5.78 Å². The van der Waals surface area contributed by atoms with Crippen LogP contribution in [-0.4, -0.2) is 11.9 Å². The van der Waals surface area contributed by atoms with Gasteiger partial charge in [-0.25, -0.2) is 0 Å². The highest BCUT2D eigenvalue weighted by atomic mass is 16.5. The van der Waals surface area contributed by atoms with Crippen LogP contribution in [0, 0.1) is 12.8 Å². The third kappa shape index (κ3) is 2.11. The summed E-state index contributed by atoms with van der Waals surface area (Å²) in [5.41, 5.74) is 2.29. The smallest absolute Gasteiger partial charge is 0.173 e. The van der Waals surface area contributed by atoms with Gasteiger partial charge in [0.15, 0.2) is 11.9 Å². The Bertz CT molecular complexity index is 407. The van der Waals surface area contributed by atoms with Crippen LogP contribution in [0.3, 0.4) is 0 Å².